The molecule has 0 saturated heterocycles. The summed E-state index contributed by atoms with van der Waals surface area (Å²) in [5.41, 5.74) is 8.18. The first-order valence-electron chi connectivity index (χ1n) is 6.89. The standard InChI is InChI=1S/C17H21N3/c1-20(16-11-6-3-7-12-16)14-8-13-19-17(18)15-9-4-2-5-10-15/h2-7,9-12H,8,13-14H2,1H3,(H2,18,19). The maximum Gasteiger partial charge on any atom is 0.125 e. The van der Waals surface area contributed by atoms with Crippen LogP contribution >= 0.6 is 0 Å². The Morgan fingerprint density at radius 3 is 2.25 bits per heavy atom. The molecule has 2 aromatic rings. The third-order valence-electron chi connectivity index (χ3n) is 3.20. The molecule has 0 heterocycles. The van der Waals surface area contributed by atoms with Crippen molar-refractivity contribution < 1.29 is 0 Å². The van der Waals surface area contributed by atoms with Crippen molar-refractivity contribution in [2.45, 2.75) is 6.42 Å². The van der Waals surface area contributed by atoms with E-state index in [-0.39, 0.29) is 0 Å². The molecule has 20 heavy (non-hydrogen) atoms. The summed E-state index contributed by atoms with van der Waals surface area (Å²) in [5.74, 6) is 0.618. The van der Waals surface area contributed by atoms with E-state index in [1.807, 2.05) is 36.4 Å². The van der Waals surface area contributed by atoms with Crippen LogP contribution in [0.25, 0.3) is 0 Å². The third kappa shape index (κ3) is 4.12. The van der Waals surface area contributed by atoms with Crippen LogP contribution in [0.5, 0.6) is 0 Å². The lowest BCUT2D eigenvalue weighted by atomic mass is 10.2. The molecule has 104 valence electrons. The summed E-state index contributed by atoms with van der Waals surface area (Å²) >= 11 is 0. The molecular formula is C17H21N3. The number of rotatable bonds is 6. The van der Waals surface area contributed by atoms with Crippen molar-refractivity contribution in [3.8, 4) is 0 Å². The predicted octanol–water partition coefficient (Wildman–Crippen LogP) is 2.92. The van der Waals surface area contributed by atoms with Gasteiger partial charge in [-0.15, -0.1) is 0 Å². The molecule has 2 N–H and O–H groups in total. The van der Waals surface area contributed by atoms with Gasteiger partial charge in [0.25, 0.3) is 0 Å². The van der Waals surface area contributed by atoms with Crippen LogP contribution in [0.1, 0.15) is 12.0 Å². The van der Waals surface area contributed by atoms with E-state index in [1.165, 1.54) is 5.69 Å². The summed E-state index contributed by atoms with van der Waals surface area (Å²) < 4.78 is 0. The van der Waals surface area contributed by atoms with Crippen molar-refractivity contribution in [2.75, 3.05) is 25.0 Å². The first-order chi connectivity index (χ1) is 9.77. The fourth-order valence-electron chi connectivity index (χ4n) is 2.02. The lowest BCUT2D eigenvalue weighted by Crippen LogP contribution is -2.20. The Hall–Kier alpha value is -2.29. The van der Waals surface area contributed by atoms with Gasteiger partial charge < -0.3 is 10.6 Å². The van der Waals surface area contributed by atoms with Crippen molar-refractivity contribution in [1.29, 1.82) is 0 Å². The summed E-state index contributed by atoms with van der Waals surface area (Å²) in [6.45, 7) is 1.72. The van der Waals surface area contributed by atoms with E-state index in [0.717, 1.165) is 25.1 Å². The maximum atomic E-state index is 5.96. The first-order valence-corrected chi connectivity index (χ1v) is 6.89. The Labute approximate surface area is 120 Å². The third-order valence-corrected chi connectivity index (χ3v) is 3.20. The van der Waals surface area contributed by atoms with Gasteiger partial charge in [0.2, 0.25) is 0 Å². The van der Waals surface area contributed by atoms with Crippen LogP contribution in [0.2, 0.25) is 0 Å². The Bertz CT molecular complexity index is 535. The van der Waals surface area contributed by atoms with E-state index < -0.39 is 0 Å². The molecule has 3 heteroatoms. The molecule has 0 radical (unpaired) electrons. The lowest BCUT2D eigenvalue weighted by molar-refractivity contribution is 0.796. The summed E-state index contributed by atoms with van der Waals surface area (Å²) in [7, 11) is 2.10. The second-order valence-corrected chi connectivity index (χ2v) is 4.74. The van der Waals surface area contributed by atoms with Gasteiger partial charge >= 0.3 is 0 Å². The van der Waals surface area contributed by atoms with E-state index in [2.05, 4.69) is 41.2 Å². The molecule has 0 amide bonds. The maximum absolute atomic E-state index is 5.96. The topological polar surface area (TPSA) is 41.6 Å². The lowest BCUT2D eigenvalue weighted by Gasteiger charge is -2.18. The first kappa shape index (κ1) is 14.1. The van der Waals surface area contributed by atoms with E-state index in [9.17, 15) is 0 Å². The summed E-state index contributed by atoms with van der Waals surface area (Å²) in [6, 6.07) is 20.2. The van der Waals surface area contributed by atoms with Gasteiger partial charge in [-0.2, -0.15) is 0 Å². The normalized spacial score (nSPS) is 11.3. The van der Waals surface area contributed by atoms with Crippen LogP contribution in [0.4, 0.5) is 5.69 Å². The molecule has 0 fully saturated rings. The molecule has 0 spiro atoms. The number of benzene rings is 2. The van der Waals surface area contributed by atoms with Crippen LogP contribution in [0.15, 0.2) is 65.7 Å². The molecule has 2 rings (SSSR count). The van der Waals surface area contributed by atoms with E-state index in [1.54, 1.807) is 0 Å². The smallest absolute Gasteiger partial charge is 0.125 e. The number of nitrogens with two attached hydrogens (primary N) is 1. The molecule has 0 unspecified atom stereocenters. The van der Waals surface area contributed by atoms with Gasteiger partial charge in [0.1, 0.15) is 5.84 Å². The van der Waals surface area contributed by atoms with E-state index in [0.29, 0.717) is 5.84 Å². The number of aliphatic imine (C=N–C) groups is 1. The number of nitrogens with zero attached hydrogens (tertiary/aromatic N) is 2. The van der Waals surface area contributed by atoms with Gasteiger partial charge in [0, 0.05) is 31.4 Å². The van der Waals surface area contributed by atoms with Crippen molar-refractivity contribution in [3.05, 3.63) is 66.2 Å². The number of amidine groups is 1. The second-order valence-electron chi connectivity index (χ2n) is 4.74. The minimum Gasteiger partial charge on any atom is -0.384 e. The summed E-state index contributed by atoms with van der Waals surface area (Å²) in [4.78, 5) is 6.66. The number of para-hydroxylation sites is 1. The molecule has 0 bridgehead atoms. The van der Waals surface area contributed by atoms with E-state index >= 15 is 0 Å². The Morgan fingerprint density at radius 2 is 1.60 bits per heavy atom. The fraction of sp³-hybridized carbons (Fsp3) is 0.235. The van der Waals surface area contributed by atoms with Gasteiger partial charge in [-0.3, -0.25) is 4.99 Å². The second kappa shape index (κ2) is 7.34. The van der Waals surface area contributed by atoms with Crippen molar-refractivity contribution >= 4 is 11.5 Å². The van der Waals surface area contributed by atoms with Crippen molar-refractivity contribution in [3.63, 3.8) is 0 Å². The van der Waals surface area contributed by atoms with Gasteiger partial charge in [-0.05, 0) is 18.6 Å². The molecule has 0 aliphatic heterocycles. The molecule has 0 atom stereocenters. The molecular weight excluding hydrogens is 246 g/mol. The monoisotopic (exact) mass is 267 g/mol. The highest BCUT2D eigenvalue weighted by Crippen LogP contribution is 2.10. The molecule has 0 saturated carbocycles. The van der Waals surface area contributed by atoms with Crippen LogP contribution < -0.4 is 10.6 Å². The van der Waals surface area contributed by atoms with Crippen molar-refractivity contribution in [1.82, 2.24) is 0 Å². The number of anilines is 1. The number of hydrogen-bond donors (Lipinski definition) is 1. The minimum absolute atomic E-state index is 0.618. The van der Waals surface area contributed by atoms with Crippen LogP contribution in [-0.4, -0.2) is 26.0 Å². The van der Waals surface area contributed by atoms with Crippen LogP contribution in [-0.2, 0) is 0 Å². The van der Waals surface area contributed by atoms with Gasteiger partial charge in [0.15, 0.2) is 0 Å². The highest BCUT2D eigenvalue weighted by atomic mass is 15.1. The SMILES string of the molecule is CN(CCCN=C(N)c1ccccc1)c1ccccc1. The van der Waals surface area contributed by atoms with Crippen LogP contribution in [0, 0.1) is 0 Å². The molecule has 0 aliphatic rings. The Kier molecular flexibility index (Phi) is 5.18. The van der Waals surface area contributed by atoms with Crippen molar-refractivity contribution in [2.24, 2.45) is 10.7 Å². The average Bonchev–Trinajstić information content (AvgIpc) is 2.53. The quantitative estimate of drug-likeness (QED) is 0.497. The van der Waals surface area contributed by atoms with Crippen LogP contribution in [0.3, 0.4) is 0 Å². The zero-order chi connectivity index (χ0) is 14.2. The van der Waals surface area contributed by atoms with Gasteiger partial charge in [-0.25, -0.2) is 0 Å². The molecule has 3 nitrogen and oxygen atoms in total. The van der Waals surface area contributed by atoms with Gasteiger partial charge in [-0.1, -0.05) is 48.5 Å². The molecule has 0 aliphatic carbocycles. The zero-order valence-electron chi connectivity index (χ0n) is 11.9. The fourth-order valence-corrected chi connectivity index (χ4v) is 2.02. The van der Waals surface area contributed by atoms with Gasteiger partial charge in [0.05, 0.1) is 0 Å². The summed E-state index contributed by atoms with van der Waals surface area (Å²) in [6.07, 6.45) is 0.985. The predicted molar refractivity (Wildman–Crippen MR) is 86.4 cm³/mol. The Balaban J connectivity index is 1.79. The largest absolute Gasteiger partial charge is 0.384 e. The molecule has 2 aromatic carbocycles. The molecule has 0 aromatic heterocycles. The highest BCUT2D eigenvalue weighted by molar-refractivity contribution is 5.97. The highest BCUT2D eigenvalue weighted by Gasteiger charge is 1.99. The zero-order valence-corrected chi connectivity index (χ0v) is 11.9. The summed E-state index contributed by atoms with van der Waals surface area (Å²) in [5, 5.41) is 0. The Morgan fingerprint density at radius 1 is 1.00 bits per heavy atom. The van der Waals surface area contributed by atoms with E-state index in [4.69, 9.17) is 5.73 Å². The minimum atomic E-state index is 0.618. The average molecular weight is 267 g/mol. The number of hydrogen-bond acceptors (Lipinski definition) is 2.